The first kappa shape index (κ1) is 19.3. The summed E-state index contributed by atoms with van der Waals surface area (Å²) in [6.45, 7) is 0. The summed E-state index contributed by atoms with van der Waals surface area (Å²) < 4.78 is 15.9. The summed E-state index contributed by atoms with van der Waals surface area (Å²) >= 11 is 5.99. The average molecular weight is 397 g/mol. The molecular formula is C21H17ClN2O4. The molecule has 3 aromatic rings. The Balaban J connectivity index is 2.09. The fourth-order valence-corrected chi connectivity index (χ4v) is 3.07. The number of methoxy groups -OCH3 is 3. The van der Waals surface area contributed by atoms with Gasteiger partial charge in [-0.2, -0.15) is 5.26 Å². The number of benzene rings is 2. The number of ether oxygens (including phenoxy) is 3. The predicted octanol–water partition coefficient (Wildman–Crippen LogP) is 4.64. The van der Waals surface area contributed by atoms with Gasteiger partial charge in [-0.15, -0.1) is 0 Å². The number of rotatable bonds is 6. The number of nitriles is 1. The van der Waals surface area contributed by atoms with Crippen LogP contribution >= 0.6 is 11.6 Å². The van der Waals surface area contributed by atoms with Gasteiger partial charge in [0.05, 0.1) is 21.3 Å². The zero-order valence-corrected chi connectivity index (χ0v) is 16.3. The molecule has 0 aliphatic carbocycles. The Labute approximate surface area is 166 Å². The average Bonchev–Trinajstić information content (AvgIpc) is 3.13. The standard InChI is InChI=1S/C21H17ClN2O4/c1-26-18-9-20(28-3)19(27-2)7-12(18)6-13(10-23)21(25)16-11-24-17-8-14(22)4-5-15(16)17/h4-9,11,24H,1-3H3. The van der Waals surface area contributed by atoms with Gasteiger partial charge in [0.15, 0.2) is 11.5 Å². The maximum atomic E-state index is 13.0. The van der Waals surface area contributed by atoms with Crippen molar-refractivity contribution >= 4 is 34.4 Å². The minimum atomic E-state index is -0.409. The first-order chi connectivity index (χ1) is 13.5. The van der Waals surface area contributed by atoms with Crippen molar-refractivity contribution in [2.24, 2.45) is 0 Å². The Hall–Kier alpha value is -3.43. The third kappa shape index (κ3) is 3.53. The van der Waals surface area contributed by atoms with Gasteiger partial charge in [0, 0.05) is 39.3 Å². The minimum absolute atomic E-state index is 0.0404. The van der Waals surface area contributed by atoms with Crippen LogP contribution in [0.2, 0.25) is 5.02 Å². The molecule has 28 heavy (non-hydrogen) atoms. The number of fused-ring (bicyclic) bond motifs is 1. The summed E-state index contributed by atoms with van der Waals surface area (Å²) in [5.41, 5.74) is 1.59. The van der Waals surface area contributed by atoms with E-state index in [1.807, 2.05) is 6.07 Å². The zero-order valence-electron chi connectivity index (χ0n) is 15.5. The van der Waals surface area contributed by atoms with Crippen molar-refractivity contribution in [3.8, 4) is 23.3 Å². The van der Waals surface area contributed by atoms with Gasteiger partial charge in [-0.25, -0.2) is 0 Å². The highest BCUT2D eigenvalue weighted by Gasteiger charge is 2.18. The van der Waals surface area contributed by atoms with Gasteiger partial charge in [-0.1, -0.05) is 17.7 Å². The Morgan fingerprint density at radius 2 is 1.75 bits per heavy atom. The zero-order chi connectivity index (χ0) is 20.3. The molecule has 7 heteroatoms. The van der Waals surface area contributed by atoms with E-state index in [0.29, 0.717) is 38.8 Å². The number of allylic oxidation sites excluding steroid dienone is 1. The van der Waals surface area contributed by atoms with E-state index in [-0.39, 0.29) is 5.57 Å². The number of halogens is 1. The van der Waals surface area contributed by atoms with E-state index in [1.54, 1.807) is 36.5 Å². The molecule has 1 N–H and O–H groups in total. The number of aromatic nitrogens is 1. The van der Waals surface area contributed by atoms with Crippen molar-refractivity contribution in [2.45, 2.75) is 0 Å². The first-order valence-electron chi connectivity index (χ1n) is 8.25. The van der Waals surface area contributed by atoms with Crippen LogP contribution in [0, 0.1) is 11.3 Å². The predicted molar refractivity (Wildman–Crippen MR) is 107 cm³/mol. The fourth-order valence-electron chi connectivity index (χ4n) is 2.90. The normalized spacial score (nSPS) is 11.2. The van der Waals surface area contributed by atoms with E-state index in [9.17, 15) is 10.1 Å². The van der Waals surface area contributed by atoms with Gasteiger partial charge in [-0.3, -0.25) is 4.79 Å². The Bertz CT molecular complexity index is 1130. The van der Waals surface area contributed by atoms with Crippen LogP contribution in [0.15, 0.2) is 42.1 Å². The molecule has 0 saturated carbocycles. The molecule has 0 spiro atoms. The summed E-state index contributed by atoms with van der Waals surface area (Å²) in [7, 11) is 4.52. The third-order valence-electron chi connectivity index (χ3n) is 4.29. The van der Waals surface area contributed by atoms with E-state index in [0.717, 1.165) is 5.52 Å². The quantitative estimate of drug-likeness (QED) is 0.373. The molecule has 1 heterocycles. The highest BCUT2D eigenvalue weighted by atomic mass is 35.5. The largest absolute Gasteiger partial charge is 0.496 e. The summed E-state index contributed by atoms with van der Waals surface area (Å²) in [4.78, 5) is 16.0. The SMILES string of the molecule is COc1cc(OC)c(OC)cc1C=C(C#N)C(=O)c1c[nH]c2cc(Cl)ccc12. The number of hydrogen-bond acceptors (Lipinski definition) is 5. The molecular weight excluding hydrogens is 380 g/mol. The van der Waals surface area contributed by atoms with Crippen LogP contribution in [-0.2, 0) is 0 Å². The van der Waals surface area contributed by atoms with E-state index in [4.69, 9.17) is 25.8 Å². The Kier molecular flexibility index (Phi) is 5.57. The number of ketones is 1. The lowest BCUT2D eigenvalue weighted by Crippen LogP contribution is -2.02. The number of hydrogen-bond donors (Lipinski definition) is 1. The number of carbonyl (C=O) groups is 1. The van der Waals surface area contributed by atoms with Crippen molar-refractivity contribution in [3.63, 3.8) is 0 Å². The minimum Gasteiger partial charge on any atom is -0.496 e. The van der Waals surface area contributed by atoms with Gasteiger partial charge in [0.1, 0.15) is 17.4 Å². The number of Topliss-reactive ketones (excluding diaryl/α,β-unsaturated/α-hetero) is 1. The van der Waals surface area contributed by atoms with Crippen molar-refractivity contribution in [3.05, 3.63) is 58.3 Å². The summed E-state index contributed by atoms with van der Waals surface area (Å²) in [6, 6.07) is 10.4. The molecule has 0 aliphatic heterocycles. The molecule has 6 nitrogen and oxygen atoms in total. The second kappa shape index (κ2) is 8.07. The van der Waals surface area contributed by atoms with E-state index < -0.39 is 5.78 Å². The smallest absolute Gasteiger partial charge is 0.205 e. The summed E-state index contributed by atoms with van der Waals surface area (Å²) in [5.74, 6) is 0.979. The topological polar surface area (TPSA) is 84.3 Å². The van der Waals surface area contributed by atoms with Crippen LogP contribution in [0.4, 0.5) is 0 Å². The molecule has 0 aliphatic rings. The van der Waals surface area contributed by atoms with Crippen LogP contribution < -0.4 is 14.2 Å². The molecule has 0 fully saturated rings. The molecule has 142 valence electrons. The number of aromatic amines is 1. The number of H-pyrrole nitrogens is 1. The molecule has 3 rings (SSSR count). The summed E-state index contributed by atoms with van der Waals surface area (Å²) in [6.07, 6.45) is 3.04. The van der Waals surface area contributed by atoms with Crippen LogP contribution in [0.25, 0.3) is 17.0 Å². The number of nitrogens with zero attached hydrogens (tertiary/aromatic N) is 1. The van der Waals surface area contributed by atoms with Gasteiger partial charge < -0.3 is 19.2 Å². The van der Waals surface area contributed by atoms with E-state index >= 15 is 0 Å². The van der Waals surface area contributed by atoms with Crippen molar-refractivity contribution in [1.82, 2.24) is 4.98 Å². The highest BCUT2D eigenvalue weighted by Crippen LogP contribution is 2.36. The van der Waals surface area contributed by atoms with Crippen molar-refractivity contribution in [2.75, 3.05) is 21.3 Å². The third-order valence-corrected chi connectivity index (χ3v) is 4.52. The summed E-state index contributed by atoms with van der Waals surface area (Å²) in [5, 5.41) is 10.8. The van der Waals surface area contributed by atoms with Crippen LogP contribution in [0.1, 0.15) is 15.9 Å². The fraction of sp³-hybridized carbons (Fsp3) is 0.143. The molecule has 2 aromatic carbocycles. The van der Waals surface area contributed by atoms with Gasteiger partial charge in [0.25, 0.3) is 0 Å². The van der Waals surface area contributed by atoms with Gasteiger partial charge in [0.2, 0.25) is 5.78 Å². The molecule has 0 unspecified atom stereocenters. The highest BCUT2D eigenvalue weighted by molar-refractivity contribution is 6.31. The van der Waals surface area contributed by atoms with E-state index in [1.165, 1.54) is 27.4 Å². The lowest BCUT2D eigenvalue weighted by Gasteiger charge is -2.12. The maximum absolute atomic E-state index is 13.0. The van der Waals surface area contributed by atoms with Crippen molar-refractivity contribution < 1.29 is 19.0 Å². The number of nitrogens with one attached hydrogen (secondary N) is 1. The lowest BCUT2D eigenvalue weighted by atomic mass is 10.0. The Morgan fingerprint density at radius 3 is 2.39 bits per heavy atom. The Morgan fingerprint density at radius 1 is 1.07 bits per heavy atom. The molecule has 0 atom stereocenters. The molecule has 0 saturated heterocycles. The molecule has 0 amide bonds. The first-order valence-corrected chi connectivity index (χ1v) is 8.63. The maximum Gasteiger partial charge on any atom is 0.205 e. The monoisotopic (exact) mass is 396 g/mol. The number of carbonyl (C=O) groups excluding carboxylic acids is 1. The molecule has 1 aromatic heterocycles. The van der Waals surface area contributed by atoms with Crippen molar-refractivity contribution in [1.29, 1.82) is 5.26 Å². The lowest BCUT2D eigenvalue weighted by molar-refractivity contribution is 0.104. The van der Waals surface area contributed by atoms with Crippen LogP contribution in [0.5, 0.6) is 17.2 Å². The van der Waals surface area contributed by atoms with Gasteiger partial charge >= 0.3 is 0 Å². The second-order valence-corrected chi connectivity index (χ2v) is 6.28. The van der Waals surface area contributed by atoms with Crippen LogP contribution in [-0.4, -0.2) is 32.1 Å². The van der Waals surface area contributed by atoms with Gasteiger partial charge in [-0.05, 0) is 24.3 Å². The second-order valence-electron chi connectivity index (χ2n) is 5.84. The molecule has 0 bridgehead atoms. The molecule has 0 radical (unpaired) electrons. The van der Waals surface area contributed by atoms with Crippen LogP contribution in [0.3, 0.4) is 0 Å². The van der Waals surface area contributed by atoms with E-state index in [2.05, 4.69) is 4.98 Å².